The van der Waals surface area contributed by atoms with Gasteiger partial charge in [-0.2, -0.15) is 0 Å². The number of hydrogen-bond donors (Lipinski definition) is 0. The molecule has 8 heteroatoms. The van der Waals surface area contributed by atoms with Gasteiger partial charge in [-0.15, -0.1) is 10.2 Å². The van der Waals surface area contributed by atoms with Crippen LogP contribution < -0.4 is 0 Å². The molecule has 1 aliphatic rings. The van der Waals surface area contributed by atoms with Gasteiger partial charge in [0.05, 0.1) is 12.3 Å². The fourth-order valence-electron chi connectivity index (χ4n) is 3.96. The molecular formula is C25H30FN5OS. The Kier molecular flexibility index (Phi) is 7.77. The summed E-state index contributed by atoms with van der Waals surface area (Å²) in [5.74, 6) is 0.801. The van der Waals surface area contributed by atoms with Crippen molar-refractivity contribution in [1.82, 2.24) is 24.6 Å². The summed E-state index contributed by atoms with van der Waals surface area (Å²) in [5.41, 5.74) is 3.10. The molecular weight excluding hydrogens is 437 g/mol. The second-order valence-corrected chi connectivity index (χ2v) is 9.51. The van der Waals surface area contributed by atoms with Gasteiger partial charge in [0.2, 0.25) is 5.91 Å². The monoisotopic (exact) mass is 467 g/mol. The normalized spacial score (nSPS) is 14.4. The first-order chi connectivity index (χ1) is 16.0. The van der Waals surface area contributed by atoms with E-state index in [4.69, 9.17) is 0 Å². The number of aryl methyl sites for hydroxylation is 1. The highest BCUT2D eigenvalue weighted by molar-refractivity contribution is 7.99. The summed E-state index contributed by atoms with van der Waals surface area (Å²) in [6, 6.07) is 14.5. The molecule has 0 atom stereocenters. The van der Waals surface area contributed by atoms with Crippen molar-refractivity contribution in [2.45, 2.75) is 44.4 Å². The molecule has 1 amide bonds. The number of amides is 1. The lowest BCUT2D eigenvalue weighted by atomic mass is 10.1. The van der Waals surface area contributed by atoms with Gasteiger partial charge in [0.15, 0.2) is 11.0 Å². The number of halogens is 1. The number of piperidine rings is 1. The Morgan fingerprint density at radius 2 is 1.73 bits per heavy atom. The molecule has 1 aromatic heterocycles. The molecule has 0 unspecified atom stereocenters. The summed E-state index contributed by atoms with van der Waals surface area (Å²) in [5, 5.41) is 9.47. The zero-order valence-electron chi connectivity index (χ0n) is 19.2. The number of aromatic nitrogens is 3. The highest BCUT2D eigenvalue weighted by Crippen LogP contribution is 2.24. The lowest BCUT2D eigenvalue weighted by Crippen LogP contribution is -2.30. The van der Waals surface area contributed by atoms with Crippen molar-refractivity contribution in [3.8, 4) is 5.69 Å². The minimum absolute atomic E-state index is 0.0202. The third-order valence-corrected chi connectivity index (χ3v) is 6.80. The number of carbonyl (C=O) groups excluding carboxylic acids is 1. The van der Waals surface area contributed by atoms with Gasteiger partial charge >= 0.3 is 0 Å². The standard InChI is InChI=1S/C25H30FN5OS/c1-19-6-8-20(9-7-19)16-29(2)24(32)18-33-25-28-27-23(17-30-14-4-3-5-15-30)31(25)22-12-10-21(26)11-13-22/h6-13H,3-5,14-18H2,1-2H3. The van der Waals surface area contributed by atoms with Crippen molar-refractivity contribution in [3.05, 3.63) is 71.3 Å². The van der Waals surface area contributed by atoms with Crippen LogP contribution in [-0.2, 0) is 17.9 Å². The fraction of sp³-hybridized carbons (Fsp3) is 0.400. The molecule has 174 valence electrons. The van der Waals surface area contributed by atoms with Crippen LogP contribution in [0, 0.1) is 12.7 Å². The van der Waals surface area contributed by atoms with Crippen molar-refractivity contribution >= 4 is 17.7 Å². The maximum absolute atomic E-state index is 13.5. The number of rotatable bonds is 8. The second-order valence-electron chi connectivity index (χ2n) is 8.57. The van der Waals surface area contributed by atoms with Gasteiger partial charge in [0.25, 0.3) is 0 Å². The molecule has 0 spiro atoms. The van der Waals surface area contributed by atoms with Crippen LogP contribution in [0.2, 0.25) is 0 Å². The van der Waals surface area contributed by atoms with Crippen molar-refractivity contribution in [2.24, 2.45) is 0 Å². The van der Waals surface area contributed by atoms with E-state index in [0.717, 1.165) is 30.2 Å². The number of benzene rings is 2. The molecule has 1 fully saturated rings. The van der Waals surface area contributed by atoms with E-state index in [0.29, 0.717) is 18.2 Å². The van der Waals surface area contributed by atoms with Crippen molar-refractivity contribution in [3.63, 3.8) is 0 Å². The van der Waals surface area contributed by atoms with Gasteiger partial charge in [-0.05, 0) is 62.7 Å². The SMILES string of the molecule is Cc1ccc(CN(C)C(=O)CSc2nnc(CN3CCCCC3)n2-c2ccc(F)cc2)cc1. The summed E-state index contributed by atoms with van der Waals surface area (Å²) in [4.78, 5) is 16.9. The van der Waals surface area contributed by atoms with E-state index in [-0.39, 0.29) is 17.5 Å². The highest BCUT2D eigenvalue weighted by atomic mass is 32.2. The number of nitrogens with zero attached hydrogens (tertiary/aromatic N) is 5. The van der Waals surface area contributed by atoms with Crippen molar-refractivity contribution < 1.29 is 9.18 Å². The summed E-state index contributed by atoms with van der Waals surface area (Å²) in [6.07, 6.45) is 3.64. The molecule has 0 radical (unpaired) electrons. The Hall–Kier alpha value is -2.71. The van der Waals surface area contributed by atoms with Crippen LogP contribution in [0.3, 0.4) is 0 Å². The van der Waals surface area contributed by atoms with Gasteiger partial charge < -0.3 is 4.90 Å². The van der Waals surface area contributed by atoms with Crippen LogP contribution >= 0.6 is 11.8 Å². The second kappa shape index (κ2) is 10.9. The topological polar surface area (TPSA) is 54.3 Å². The Labute approximate surface area is 198 Å². The van der Waals surface area contributed by atoms with Crippen LogP contribution in [0.5, 0.6) is 0 Å². The molecule has 3 aromatic rings. The van der Waals surface area contributed by atoms with Crippen LogP contribution in [-0.4, -0.2) is 56.4 Å². The summed E-state index contributed by atoms with van der Waals surface area (Å²) in [7, 11) is 1.81. The average Bonchev–Trinajstić information content (AvgIpc) is 3.22. The Balaban J connectivity index is 1.47. The first-order valence-electron chi connectivity index (χ1n) is 11.3. The van der Waals surface area contributed by atoms with E-state index in [1.807, 2.05) is 30.7 Å². The molecule has 2 heterocycles. The molecule has 4 rings (SSSR count). The fourth-order valence-corrected chi connectivity index (χ4v) is 4.87. The predicted octanol–water partition coefficient (Wildman–Crippen LogP) is 4.45. The van der Waals surface area contributed by atoms with E-state index >= 15 is 0 Å². The van der Waals surface area contributed by atoms with Gasteiger partial charge in [0.1, 0.15) is 5.82 Å². The third kappa shape index (κ3) is 6.21. The van der Waals surface area contributed by atoms with Gasteiger partial charge in [-0.25, -0.2) is 4.39 Å². The number of thioether (sulfide) groups is 1. The molecule has 1 aliphatic heterocycles. The number of likely N-dealkylation sites (tertiary alicyclic amines) is 1. The van der Waals surface area contributed by atoms with E-state index in [2.05, 4.69) is 27.2 Å². The quantitative estimate of drug-likeness (QED) is 0.458. The van der Waals surface area contributed by atoms with Gasteiger partial charge in [-0.1, -0.05) is 48.0 Å². The van der Waals surface area contributed by atoms with E-state index in [9.17, 15) is 9.18 Å². The molecule has 6 nitrogen and oxygen atoms in total. The third-order valence-electron chi connectivity index (χ3n) is 5.89. The molecule has 33 heavy (non-hydrogen) atoms. The van der Waals surface area contributed by atoms with Gasteiger partial charge in [0, 0.05) is 19.3 Å². The average molecular weight is 468 g/mol. The number of carbonyl (C=O) groups is 1. The lowest BCUT2D eigenvalue weighted by Gasteiger charge is -2.26. The molecule has 2 aromatic carbocycles. The smallest absolute Gasteiger partial charge is 0.233 e. The minimum atomic E-state index is -0.286. The molecule has 0 saturated carbocycles. The van der Waals surface area contributed by atoms with E-state index in [1.165, 1.54) is 48.7 Å². The van der Waals surface area contributed by atoms with E-state index < -0.39 is 0 Å². The summed E-state index contributed by atoms with van der Waals surface area (Å²) in [6.45, 7) is 5.38. The first-order valence-corrected chi connectivity index (χ1v) is 12.3. The van der Waals surface area contributed by atoms with Crippen LogP contribution in [0.25, 0.3) is 5.69 Å². The maximum Gasteiger partial charge on any atom is 0.233 e. The van der Waals surface area contributed by atoms with E-state index in [1.54, 1.807) is 17.0 Å². The highest BCUT2D eigenvalue weighted by Gasteiger charge is 2.20. The first kappa shape index (κ1) is 23.4. The van der Waals surface area contributed by atoms with Crippen LogP contribution in [0.15, 0.2) is 53.7 Å². The minimum Gasteiger partial charge on any atom is -0.341 e. The molecule has 0 aliphatic carbocycles. The largest absolute Gasteiger partial charge is 0.341 e. The van der Waals surface area contributed by atoms with Crippen LogP contribution in [0.4, 0.5) is 4.39 Å². The van der Waals surface area contributed by atoms with Crippen molar-refractivity contribution in [1.29, 1.82) is 0 Å². The molecule has 0 bridgehead atoms. The molecule has 0 N–H and O–H groups in total. The maximum atomic E-state index is 13.5. The Morgan fingerprint density at radius 3 is 2.42 bits per heavy atom. The summed E-state index contributed by atoms with van der Waals surface area (Å²) >= 11 is 1.36. The summed E-state index contributed by atoms with van der Waals surface area (Å²) < 4.78 is 15.5. The van der Waals surface area contributed by atoms with Crippen LogP contribution in [0.1, 0.15) is 36.2 Å². The predicted molar refractivity (Wildman–Crippen MR) is 129 cm³/mol. The Bertz CT molecular complexity index is 1060. The zero-order valence-corrected chi connectivity index (χ0v) is 20.0. The number of hydrogen-bond acceptors (Lipinski definition) is 5. The molecule has 1 saturated heterocycles. The van der Waals surface area contributed by atoms with Crippen molar-refractivity contribution in [2.75, 3.05) is 25.9 Å². The lowest BCUT2D eigenvalue weighted by molar-refractivity contribution is -0.127. The Morgan fingerprint density at radius 1 is 1.03 bits per heavy atom. The zero-order chi connectivity index (χ0) is 23.2. The van der Waals surface area contributed by atoms with Gasteiger partial charge in [-0.3, -0.25) is 14.3 Å².